The normalized spacial score (nSPS) is 11.9. The van der Waals surface area contributed by atoms with E-state index in [1.165, 1.54) is 0 Å². The van der Waals surface area contributed by atoms with Crippen molar-refractivity contribution in [3.63, 3.8) is 0 Å². The van der Waals surface area contributed by atoms with Crippen molar-refractivity contribution < 1.29 is 4.79 Å². The number of carbonyl (C=O) groups excluding carboxylic acids is 1. The zero-order valence-electron chi connectivity index (χ0n) is 20.9. The SMILES string of the molecule is Cc1ccccc1Cn1c(=O)c(C(=O)N[C@H](C)c2ccccc2)nn(-c2ccc(C(C)C)cc2)c1=O. The van der Waals surface area contributed by atoms with Gasteiger partial charge in [0, 0.05) is 0 Å². The van der Waals surface area contributed by atoms with Crippen molar-refractivity contribution in [3.05, 3.63) is 128 Å². The number of aryl methyl sites for hydroxylation is 1. The first kappa shape index (κ1) is 24.9. The molecule has 184 valence electrons. The van der Waals surface area contributed by atoms with Crippen LogP contribution in [0.3, 0.4) is 0 Å². The fourth-order valence-electron chi connectivity index (χ4n) is 4.01. The Balaban J connectivity index is 1.82. The number of aromatic nitrogens is 3. The Morgan fingerprint density at radius 2 is 1.50 bits per heavy atom. The van der Waals surface area contributed by atoms with Crippen molar-refractivity contribution in [2.75, 3.05) is 0 Å². The Morgan fingerprint density at radius 1 is 0.861 bits per heavy atom. The smallest absolute Gasteiger partial charge is 0.344 e. The molecule has 1 aromatic heterocycles. The summed E-state index contributed by atoms with van der Waals surface area (Å²) in [4.78, 5) is 40.1. The van der Waals surface area contributed by atoms with Crippen LogP contribution in [0.1, 0.15) is 65.5 Å². The van der Waals surface area contributed by atoms with E-state index in [0.29, 0.717) is 11.6 Å². The summed E-state index contributed by atoms with van der Waals surface area (Å²) >= 11 is 0. The monoisotopic (exact) mass is 482 g/mol. The Kier molecular flexibility index (Phi) is 7.29. The number of benzene rings is 3. The minimum atomic E-state index is -0.726. The lowest BCUT2D eigenvalue weighted by atomic mass is 10.0. The van der Waals surface area contributed by atoms with E-state index in [-0.39, 0.29) is 18.3 Å². The maximum Gasteiger partial charge on any atom is 0.352 e. The quantitative estimate of drug-likeness (QED) is 0.424. The molecule has 1 atom stereocenters. The third-order valence-electron chi connectivity index (χ3n) is 6.32. The van der Waals surface area contributed by atoms with Gasteiger partial charge >= 0.3 is 5.69 Å². The molecule has 0 aliphatic carbocycles. The van der Waals surface area contributed by atoms with Gasteiger partial charge in [-0.2, -0.15) is 9.78 Å². The molecule has 0 aliphatic rings. The first-order valence-electron chi connectivity index (χ1n) is 12.0. The first-order chi connectivity index (χ1) is 17.3. The van der Waals surface area contributed by atoms with Crippen molar-refractivity contribution in [1.29, 1.82) is 0 Å². The molecule has 0 unspecified atom stereocenters. The third kappa shape index (κ3) is 5.20. The van der Waals surface area contributed by atoms with E-state index < -0.39 is 17.2 Å². The Morgan fingerprint density at radius 3 is 2.14 bits per heavy atom. The summed E-state index contributed by atoms with van der Waals surface area (Å²) in [6, 6.07) is 24.0. The molecular formula is C29H30N4O3. The number of hydrogen-bond donors (Lipinski definition) is 1. The molecule has 0 bridgehead atoms. The van der Waals surface area contributed by atoms with Crippen LogP contribution in [0.5, 0.6) is 0 Å². The molecule has 36 heavy (non-hydrogen) atoms. The van der Waals surface area contributed by atoms with Crippen molar-refractivity contribution in [2.45, 2.75) is 46.2 Å². The number of nitrogens with one attached hydrogen (secondary N) is 1. The second-order valence-corrected chi connectivity index (χ2v) is 9.21. The number of nitrogens with zero attached hydrogens (tertiary/aromatic N) is 3. The molecule has 4 rings (SSSR count). The van der Waals surface area contributed by atoms with Crippen molar-refractivity contribution in [2.24, 2.45) is 0 Å². The van der Waals surface area contributed by atoms with E-state index in [0.717, 1.165) is 31.5 Å². The zero-order valence-corrected chi connectivity index (χ0v) is 20.9. The topological polar surface area (TPSA) is 86.0 Å². The molecule has 1 amide bonds. The van der Waals surface area contributed by atoms with E-state index in [1.54, 1.807) is 12.1 Å². The summed E-state index contributed by atoms with van der Waals surface area (Å²) in [6.07, 6.45) is 0. The van der Waals surface area contributed by atoms with Crippen LogP contribution >= 0.6 is 0 Å². The van der Waals surface area contributed by atoms with Crippen LogP contribution in [0.4, 0.5) is 0 Å². The molecule has 7 nitrogen and oxygen atoms in total. The Hall–Kier alpha value is -4.26. The molecule has 7 heteroatoms. The number of hydrogen-bond acceptors (Lipinski definition) is 4. The molecular weight excluding hydrogens is 452 g/mol. The minimum Gasteiger partial charge on any atom is -0.344 e. The van der Waals surface area contributed by atoms with Crippen LogP contribution in [0.2, 0.25) is 0 Å². The van der Waals surface area contributed by atoms with Crippen molar-refractivity contribution >= 4 is 5.91 Å². The van der Waals surface area contributed by atoms with E-state index in [2.05, 4.69) is 24.3 Å². The molecule has 0 saturated carbocycles. The predicted molar refractivity (Wildman–Crippen MR) is 141 cm³/mol. The molecule has 0 spiro atoms. The third-order valence-corrected chi connectivity index (χ3v) is 6.32. The summed E-state index contributed by atoms with van der Waals surface area (Å²) in [5.74, 6) is -0.318. The number of carbonyl (C=O) groups is 1. The second kappa shape index (κ2) is 10.6. The molecule has 1 N–H and O–H groups in total. The Labute approximate surface area is 210 Å². The molecule has 0 aliphatic heterocycles. The van der Waals surface area contributed by atoms with Crippen molar-refractivity contribution in [1.82, 2.24) is 19.7 Å². The van der Waals surface area contributed by atoms with Gasteiger partial charge in [-0.25, -0.2) is 4.79 Å². The molecule has 0 fully saturated rings. The summed E-state index contributed by atoms with van der Waals surface area (Å²) in [7, 11) is 0. The average Bonchev–Trinajstić information content (AvgIpc) is 2.88. The standard InChI is InChI=1S/C29H30N4O3/c1-19(2)22-14-16-25(17-15-22)33-29(36)32(18-24-13-9-8-10-20(24)3)28(35)26(31-33)27(34)30-21(4)23-11-6-5-7-12-23/h5-17,19,21H,18H2,1-4H3,(H,30,34)/t21-/m1/s1. The van der Waals surface area contributed by atoms with Crippen molar-refractivity contribution in [3.8, 4) is 5.69 Å². The maximum atomic E-state index is 13.5. The highest BCUT2D eigenvalue weighted by molar-refractivity contribution is 5.92. The minimum absolute atomic E-state index is 0.0332. The lowest BCUT2D eigenvalue weighted by Crippen LogP contribution is -2.46. The molecule has 0 saturated heterocycles. The Bertz CT molecular complexity index is 1490. The second-order valence-electron chi connectivity index (χ2n) is 9.21. The van der Waals surface area contributed by atoms with Crippen LogP contribution in [0.25, 0.3) is 5.69 Å². The predicted octanol–water partition coefficient (Wildman–Crippen LogP) is 4.37. The largest absolute Gasteiger partial charge is 0.352 e. The van der Waals surface area contributed by atoms with Gasteiger partial charge in [0.05, 0.1) is 18.3 Å². The van der Waals surface area contributed by atoms with E-state index >= 15 is 0 Å². The average molecular weight is 483 g/mol. The van der Waals surface area contributed by atoms with Gasteiger partial charge < -0.3 is 5.32 Å². The van der Waals surface area contributed by atoms with Gasteiger partial charge in [-0.15, -0.1) is 0 Å². The van der Waals surface area contributed by atoms with Gasteiger partial charge in [-0.1, -0.05) is 80.6 Å². The fourth-order valence-corrected chi connectivity index (χ4v) is 4.01. The first-order valence-corrected chi connectivity index (χ1v) is 12.0. The lowest BCUT2D eigenvalue weighted by molar-refractivity contribution is 0.0930. The number of amides is 1. The number of rotatable bonds is 7. The van der Waals surface area contributed by atoms with Crippen LogP contribution in [-0.4, -0.2) is 20.3 Å². The van der Waals surface area contributed by atoms with E-state index in [1.807, 2.05) is 80.6 Å². The zero-order chi connectivity index (χ0) is 25.8. The summed E-state index contributed by atoms with van der Waals surface area (Å²) in [5.41, 5.74) is 2.57. The molecule has 1 heterocycles. The van der Waals surface area contributed by atoms with Crippen LogP contribution in [0, 0.1) is 6.92 Å². The summed E-state index contributed by atoms with van der Waals surface area (Å²) in [6.45, 7) is 7.95. The van der Waals surface area contributed by atoms with E-state index in [4.69, 9.17) is 0 Å². The highest BCUT2D eigenvalue weighted by atomic mass is 16.2. The molecule has 3 aromatic carbocycles. The highest BCUT2D eigenvalue weighted by Gasteiger charge is 2.22. The van der Waals surface area contributed by atoms with Gasteiger partial charge in [-0.05, 0) is 54.2 Å². The van der Waals surface area contributed by atoms with Gasteiger partial charge in [0.15, 0.2) is 0 Å². The maximum absolute atomic E-state index is 13.5. The summed E-state index contributed by atoms with van der Waals surface area (Å²) < 4.78 is 2.21. The van der Waals surface area contributed by atoms with Crippen LogP contribution in [0.15, 0.2) is 88.5 Å². The highest BCUT2D eigenvalue weighted by Crippen LogP contribution is 2.16. The van der Waals surface area contributed by atoms with Gasteiger partial charge in [0.25, 0.3) is 11.5 Å². The molecule has 4 aromatic rings. The van der Waals surface area contributed by atoms with Crippen LogP contribution in [-0.2, 0) is 6.54 Å². The van der Waals surface area contributed by atoms with Gasteiger partial charge in [0.1, 0.15) is 0 Å². The van der Waals surface area contributed by atoms with Gasteiger partial charge in [-0.3, -0.25) is 14.2 Å². The lowest BCUT2D eigenvalue weighted by Gasteiger charge is -2.16. The fraction of sp³-hybridized carbons (Fsp3) is 0.241. The summed E-state index contributed by atoms with van der Waals surface area (Å²) in [5, 5.41) is 7.09. The van der Waals surface area contributed by atoms with E-state index in [9.17, 15) is 14.4 Å². The molecule has 0 radical (unpaired) electrons. The van der Waals surface area contributed by atoms with Crippen LogP contribution < -0.4 is 16.6 Å². The van der Waals surface area contributed by atoms with Gasteiger partial charge in [0.2, 0.25) is 5.69 Å².